The summed E-state index contributed by atoms with van der Waals surface area (Å²) in [4.78, 5) is 37.8. The Bertz CT molecular complexity index is 1080. The zero-order valence-corrected chi connectivity index (χ0v) is 20.3. The molecule has 2 aromatic rings. The molecule has 1 fully saturated rings. The van der Waals surface area contributed by atoms with Gasteiger partial charge in [-0.2, -0.15) is 0 Å². The summed E-state index contributed by atoms with van der Waals surface area (Å²) < 4.78 is 39.0. The van der Waals surface area contributed by atoms with Crippen LogP contribution in [-0.4, -0.2) is 46.0 Å². The minimum absolute atomic E-state index is 0.0529. The van der Waals surface area contributed by atoms with E-state index in [0.29, 0.717) is 5.75 Å². The van der Waals surface area contributed by atoms with Crippen molar-refractivity contribution in [3.63, 3.8) is 0 Å². The number of aromatic nitrogens is 2. The molecule has 2 heterocycles. The number of rotatable bonds is 10. The highest BCUT2D eigenvalue weighted by atomic mass is 31.2. The lowest BCUT2D eigenvalue weighted by Gasteiger charge is -2.23. The maximum atomic E-state index is 15.3. The average molecular weight is 497 g/mol. The summed E-state index contributed by atoms with van der Waals surface area (Å²) in [6, 6.07) is 9.29. The third kappa shape index (κ3) is 6.96. The van der Waals surface area contributed by atoms with E-state index in [2.05, 4.69) is 10.1 Å². The number of nitrogens with one attached hydrogen (secondary N) is 2. The van der Waals surface area contributed by atoms with Gasteiger partial charge in [0.1, 0.15) is 11.8 Å². The average Bonchev–Trinajstić information content (AvgIpc) is 3.06. The van der Waals surface area contributed by atoms with Crippen molar-refractivity contribution in [3.05, 3.63) is 63.4 Å². The Morgan fingerprint density at radius 1 is 1.29 bits per heavy atom. The molecule has 5 unspecified atom stereocenters. The van der Waals surface area contributed by atoms with Crippen molar-refractivity contribution in [2.75, 3.05) is 6.61 Å². The molecule has 0 saturated carbocycles. The summed E-state index contributed by atoms with van der Waals surface area (Å²) in [6.45, 7) is 6.38. The lowest BCUT2D eigenvalue weighted by Crippen LogP contribution is -2.38. The molecule has 1 aliphatic rings. The summed E-state index contributed by atoms with van der Waals surface area (Å²) in [6.07, 6.45) is -1.08. The molecule has 34 heavy (non-hydrogen) atoms. The molecule has 3 rings (SSSR count). The number of nitrogens with zero attached hydrogens (tertiary/aromatic N) is 1. The predicted octanol–water partition coefficient (Wildman–Crippen LogP) is 2.80. The Labute approximate surface area is 197 Å². The van der Waals surface area contributed by atoms with E-state index in [-0.39, 0.29) is 19.1 Å². The first-order chi connectivity index (χ1) is 16.0. The Morgan fingerprint density at radius 2 is 2.00 bits per heavy atom. The van der Waals surface area contributed by atoms with Crippen LogP contribution in [-0.2, 0) is 18.8 Å². The smallest absolute Gasteiger partial charge is 0.330 e. The molecule has 2 N–H and O–H groups in total. The molecule has 1 aromatic carbocycles. The number of carbonyl (C=O) groups is 1. The van der Waals surface area contributed by atoms with Gasteiger partial charge < -0.3 is 18.5 Å². The predicted molar refractivity (Wildman–Crippen MR) is 123 cm³/mol. The van der Waals surface area contributed by atoms with Crippen LogP contribution < -0.4 is 20.9 Å². The highest BCUT2D eigenvalue weighted by molar-refractivity contribution is 7.45. The SMILES string of the molecule is CC(C)OC(=O)C(C)NP(OCC1CC(C)(F)C(n2ccc(=O)[nH]c2=O)O1)Oc1ccccc1. The quantitative estimate of drug-likeness (QED) is 0.380. The monoisotopic (exact) mass is 497 g/mol. The topological polar surface area (TPSA) is 121 Å². The molecule has 0 amide bonds. The fraction of sp³-hybridized carbons (Fsp3) is 0.500. The Morgan fingerprint density at radius 3 is 2.65 bits per heavy atom. The molecule has 10 nitrogen and oxygen atoms in total. The first-order valence-electron chi connectivity index (χ1n) is 10.8. The highest BCUT2D eigenvalue weighted by Crippen LogP contribution is 2.42. The molecule has 186 valence electrons. The molecule has 5 atom stereocenters. The van der Waals surface area contributed by atoms with Crippen LogP contribution in [0.4, 0.5) is 4.39 Å². The number of halogens is 1. The van der Waals surface area contributed by atoms with Gasteiger partial charge in [-0.1, -0.05) is 18.2 Å². The second-order valence-corrected chi connectivity index (χ2v) is 9.62. The van der Waals surface area contributed by atoms with Crippen LogP contribution in [0.1, 0.15) is 40.3 Å². The zero-order chi connectivity index (χ0) is 24.9. The fourth-order valence-corrected chi connectivity index (χ4v) is 4.56. The van der Waals surface area contributed by atoms with Gasteiger partial charge in [0.15, 0.2) is 11.9 Å². The number of H-pyrrole nitrogens is 1. The number of alkyl halides is 1. The minimum atomic E-state index is -1.89. The van der Waals surface area contributed by atoms with Gasteiger partial charge in [0.2, 0.25) is 0 Å². The van der Waals surface area contributed by atoms with Crippen LogP contribution in [0.2, 0.25) is 0 Å². The standard InChI is InChI=1S/C22H29FN3O7P/c1-14(2)31-19(28)15(3)25-34(33-16-8-6-5-7-9-16)30-13-17-12-22(4,23)20(32-17)26-11-10-18(27)24-21(26)29/h5-11,14-15,17,20,25H,12-13H2,1-4H3,(H,24,27,29). The summed E-state index contributed by atoms with van der Waals surface area (Å²) >= 11 is 0. The van der Waals surface area contributed by atoms with Crippen molar-refractivity contribution in [3.8, 4) is 5.75 Å². The van der Waals surface area contributed by atoms with Gasteiger partial charge in [0, 0.05) is 18.7 Å². The molecular formula is C22H29FN3O7P. The van der Waals surface area contributed by atoms with Gasteiger partial charge in [0.05, 0.1) is 18.8 Å². The van der Waals surface area contributed by atoms with Crippen LogP contribution in [0.15, 0.2) is 52.2 Å². The lowest BCUT2D eigenvalue weighted by atomic mass is 10.0. The van der Waals surface area contributed by atoms with Crippen LogP contribution in [0.5, 0.6) is 5.75 Å². The van der Waals surface area contributed by atoms with Crippen molar-refractivity contribution in [2.24, 2.45) is 0 Å². The Kier molecular flexibility index (Phi) is 8.59. The van der Waals surface area contributed by atoms with E-state index in [1.807, 2.05) is 6.07 Å². The highest BCUT2D eigenvalue weighted by Gasteiger charge is 2.47. The molecule has 0 spiro atoms. The minimum Gasteiger partial charge on any atom is -0.462 e. The van der Waals surface area contributed by atoms with Gasteiger partial charge in [-0.3, -0.25) is 19.1 Å². The van der Waals surface area contributed by atoms with Gasteiger partial charge in [0.25, 0.3) is 5.56 Å². The number of ether oxygens (including phenoxy) is 2. The summed E-state index contributed by atoms with van der Waals surface area (Å²) in [5.41, 5.74) is -3.24. The van der Waals surface area contributed by atoms with Crippen molar-refractivity contribution in [2.45, 2.75) is 64.3 Å². The Balaban J connectivity index is 1.68. The van der Waals surface area contributed by atoms with Crippen molar-refractivity contribution < 1.29 is 27.7 Å². The van der Waals surface area contributed by atoms with Gasteiger partial charge in [-0.15, -0.1) is 0 Å². The molecule has 12 heteroatoms. The van der Waals surface area contributed by atoms with E-state index >= 15 is 4.39 Å². The van der Waals surface area contributed by atoms with Crippen molar-refractivity contribution in [1.29, 1.82) is 0 Å². The molecule has 1 saturated heterocycles. The molecule has 0 aliphatic carbocycles. The summed E-state index contributed by atoms with van der Waals surface area (Å²) in [7, 11) is -1.83. The van der Waals surface area contributed by atoms with Crippen LogP contribution in [0.25, 0.3) is 0 Å². The normalized spacial score (nSPS) is 24.1. The number of hydrogen-bond acceptors (Lipinski definition) is 8. The summed E-state index contributed by atoms with van der Waals surface area (Å²) in [5, 5.41) is 2.98. The van der Waals surface area contributed by atoms with E-state index in [1.165, 1.54) is 13.1 Å². The van der Waals surface area contributed by atoms with E-state index < -0.39 is 49.8 Å². The molecule has 0 bridgehead atoms. The second-order valence-electron chi connectivity index (χ2n) is 8.40. The van der Waals surface area contributed by atoms with Crippen LogP contribution in [0, 0.1) is 0 Å². The van der Waals surface area contributed by atoms with Gasteiger partial charge >= 0.3 is 20.2 Å². The number of para-hydroxylation sites is 1. The van der Waals surface area contributed by atoms with Gasteiger partial charge in [-0.05, 0) is 39.8 Å². The van der Waals surface area contributed by atoms with Crippen molar-refractivity contribution in [1.82, 2.24) is 14.6 Å². The lowest BCUT2D eigenvalue weighted by molar-refractivity contribution is -0.149. The fourth-order valence-electron chi connectivity index (χ4n) is 3.35. The number of hydrogen-bond donors (Lipinski definition) is 2. The van der Waals surface area contributed by atoms with Crippen LogP contribution >= 0.6 is 8.53 Å². The first kappa shape index (κ1) is 26.0. The number of carbonyl (C=O) groups excluding carboxylic acids is 1. The molecular weight excluding hydrogens is 468 g/mol. The number of benzene rings is 1. The molecule has 0 radical (unpaired) electrons. The second kappa shape index (κ2) is 11.2. The Hall–Kier alpha value is -2.59. The molecule has 1 aromatic heterocycles. The zero-order valence-electron chi connectivity index (χ0n) is 19.4. The largest absolute Gasteiger partial charge is 0.462 e. The van der Waals surface area contributed by atoms with E-state index in [9.17, 15) is 14.4 Å². The first-order valence-corrected chi connectivity index (χ1v) is 12.0. The maximum Gasteiger partial charge on any atom is 0.330 e. The third-order valence-corrected chi connectivity index (χ3v) is 6.24. The van der Waals surface area contributed by atoms with Crippen LogP contribution in [0.3, 0.4) is 0 Å². The third-order valence-electron chi connectivity index (χ3n) is 4.88. The van der Waals surface area contributed by atoms with Crippen molar-refractivity contribution >= 4 is 14.5 Å². The number of esters is 1. The van der Waals surface area contributed by atoms with Gasteiger partial charge in [-0.25, -0.2) is 14.3 Å². The summed E-state index contributed by atoms with van der Waals surface area (Å²) in [5.74, 6) is 0.0552. The van der Waals surface area contributed by atoms with E-state index in [4.69, 9.17) is 18.5 Å². The maximum absolute atomic E-state index is 15.3. The van der Waals surface area contributed by atoms with E-state index in [0.717, 1.165) is 10.6 Å². The molecule has 1 aliphatic heterocycles. The number of aromatic amines is 1. The van der Waals surface area contributed by atoms with E-state index in [1.54, 1.807) is 45.0 Å².